The zero-order chi connectivity index (χ0) is 21.7. The monoisotopic (exact) mass is 478 g/mol. The largest absolute Gasteiger partial charge is 0.497 e. The van der Waals surface area contributed by atoms with Gasteiger partial charge in [0.05, 0.1) is 42.7 Å². The van der Waals surface area contributed by atoms with E-state index in [1.54, 1.807) is 31.4 Å². The van der Waals surface area contributed by atoms with Crippen molar-refractivity contribution >= 4 is 35.0 Å². The minimum Gasteiger partial charge on any atom is -0.497 e. The van der Waals surface area contributed by atoms with Crippen molar-refractivity contribution in [2.75, 3.05) is 19.5 Å². The molecule has 1 fully saturated rings. The molecule has 1 aliphatic rings. The molecule has 1 saturated heterocycles. The normalized spacial score (nSPS) is 20.8. The lowest BCUT2D eigenvalue weighted by molar-refractivity contribution is -0.180. The molecule has 0 bridgehead atoms. The molecule has 1 aromatic heterocycles. The second kappa shape index (κ2) is 10.3. The van der Waals surface area contributed by atoms with Crippen LogP contribution in [0.5, 0.6) is 5.75 Å². The number of imidazole rings is 1. The molecule has 5 nitrogen and oxygen atoms in total. The van der Waals surface area contributed by atoms with Crippen molar-refractivity contribution in [2.24, 2.45) is 0 Å². The van der Waals surface area contributed by atoms with Gasteiger partial charge in [0, 0.05) is 29.5 Å². The van der Waals surface area contributed by atoms with E-state index < -0.39 is 5.79 Å². The molecule has 4 rings (SSSR count). The lowest BCUT2D eigenvalue weighted by atomic mass is 10.0. The van der Waals surface area contributed by atoms with Gasteiger partial charge < -0.3 is 18.8 Å². The highest BCUT2D eigenvalue weighted by Gasteiger charge is 2.41. The highest BCUT2D eigenvalue weighted by atomic mass is 35.5. The van der Waals surface area contributed by atoms with Crippen LogP contribution in [0.3, 0.4) is 0 Å². The molecule has 31 heavy (non-hydrogen) atoms. The Morgan fingerprint density at radius 2 is 1.97 bits per heavy atom. The van der Waals surface area contributed by atoms with Crippen molar-refractivity contribution in [1.82, 2.24) is 9.55 Å². The highest BCUT2D eigenvalue weighted by molar-refractivity contribution is 7.99. The number of benzene rings is 2. The molecule has 3 aromatic rings. The van der Waals surface area contributed by atoms with Gasteiger partial charge in [0.25, 0.3) is 0 Å². The van der Waals surface area contributed by atoms with Crippen LogP contribution in [0.4, 0.5) is 0 Å². The molecule has 2 atom stereocenters. The number of hydrogen-bond acceptors (Lipinski definition) is 5. The van der Waals surface area contributed by atoms with Crippen LogP contribution in [0.25, 0.3) is 0 Å². The van der Waals surface area contributed by atoms with Gasteiger partial charge in [-0.1, -0.05) is 41.4 Å². The van der Waals surface area contributed by atoms with Gasteiger partial charge in [-0.25, -0.2) is 4.98 Å². The molecule has 2 heterocycles. The summed E-state index contributed by atoms with van der Waals surface area (Å²) in [7, 11) is 1.67. The average Bonchev–Trinajstić information content (AvgIpc) is 3.43. The van der Waals surface area contributed by atoms with E-state index in [1.807, 2.05) is 41.1 Å². The van der Waals surface area contributed by atoms with Gasteiger partial charge in [-0.05, 0) is 36.2 Å². The maximum Gasteiger partial charge on any atom is 0.187 e. The predicted molar refractivity (Wildman–Crippen MR) is 124 cm³/mol. The zero-order valence-electron chi connectivity index (χ0n) is 17.2. The summed E-state index contributed by atoms with van der Waals surface area (Å²) in [4.78, 5) is 5.03. The molecule has 0 spiro atoms. The number of ether oxygens (including phenoxy) is 3. The topological polar surface area (TPSA) is 45.5 Å². The number of thioether (sulfide) groups is 1. The van der Waals surface area contributed by atoms with Crippen molar-refractivity contribution in [1.29, 1.82) is 0 Å². The van der Waals surface area contributed by atoms with E-state index in [-0.39, 0.29) is 6.10 Å². The standard InChI is InChI=1S/C23H24Cl2N2O3S/c1-28-18-7-5-17(6-8-18)9-10-23(15-27-12-11-26-16-27)29-13-19(30-23)14-31-22-20(24)3-2-4-21(22)25/h2-8,11-12,16,19H,9-10,13-15H2,1H3. The molecule has 2 unspecified atom stereocenters. The minimum atomic E-state index is -0.712. The number of nitrogens with zero attached hydrogens (tertiary/aromatic N) is 2. The van der Waals surface area contributed by atoms with Gasteiger partial charge in [-0.2, -0.15) is 0 Å². The maximum atomic E-state index is 6.49. The Labute approximate surface area is 196 Å². The first-order valence-corrected chi connectivity index (χ1v) is 11.8. The lowest BCUT2D eigenvalue weighted by Crippen LogP contribution is -2.37. The summed E-state index contributed by atoms with van der Waals surface area (Å²) in [6.45, 7) is 1.10. The predicted octanol–water partition coefficient (Wildman–Crippen LogP) is 5.74. The van der Waals surface area contributed by atoms with E-state index in [9.17, 15) is 0 Å². The molecule has 8 heteroatoms. The van der Waals surface area contributed by atoms with E-state index in [0.29, 0.717) is 28.9 Å². The highest BCUT2D eigenvalue weighted by Crippen LogP contribution is 2.37. The zero-order valence-corrected chi connectivity index (χ0v) is 19.5. The third-order valence-corrected chi connectivity index (χ3v) is 7.30. The van der Waals surface area contributed by atoms with Crippen LogP contribution in [-0.2, 0) is 22.4 Å². The van der Waals surface area contributed by atoms with E-state index in [1.165, 1.54) is 5.56 Å². The maximum absolute atomic E-state index is 6.49. The van der Waals surface area contributed by atoms with Crippen molar-refractivity contribution in [2.45, 2.75) is 36.2 Å². The van der Waals surface area contributed by atoms with Gasteiger partial charge in [-0.15, -0.1) is 11.8 Å². The molecule has 0 aliphatic carbocycles. The Kier molecular flexibility index (Phi) is 7.46. The van der Waals surface area contributed by atoms with Crippen molar-refractivity contribution in [3.05, 3.63) is 76.8 Å². The Morgan fingerprint density at radius 1 is 1.19 bits per heavy atom. The average molecular weight is 479 g/mol. The summed E-state index contributed by atoms with van der Waals surface area (Å²) in [6, 6.07) is 13.6. The van der Waals surface area contributed by atoms with Crippen molar-refractivity contribution in [3.63, 3.8) is 0 Å². The Hall–Kier alpha value is -1.70. The van der Waals surface area contributed by atoms with Gasteiger partial charge in [0.15, 0.2) is 5.79 Å². The smallest absolute Gasteiger partial charge is 0.187 e. The van der Waals surface area contributed by atoms with E-state index in [0.717, 1.165) is 23.5 Å². The van der Waals surface area contributed by atoms with Crippen LogP contribution < -0.4 is 4.74 Å². The number of aryl methyl sites for hydroxylation is 1. The van der Waals surface area contributed by atoms with Gasteiger partial charge in [-0.3, -0.25) is 0 Å². The summed E-state index contributed by atoms with van der Waals surface area (Å²) in [5, 5.41) is 1.31. The fourth-order valence-electron chi connectivity index (χ4n) is 3.57. The van der Waals surface area contributed by atoms with E-state index in [2.05, 4.69) is 17.1 Å². The van der Waals surface area contributed by atoms with Gasteiger partial charge >= 0.3 is 0 Å². The van der Waals surface area contributed by atoms with Crippen LogP contribution in [0, 0.1) is 0 Å². The Balaban J connectivity index is 1.42. The summed E-state index contributed by atoms with van der Waals surface area (Å²) in [5.74, 6) is 0.842. The third-order valence-electron chi connectivity index (χ3n) is 5.18. The van der Waals surface area contributed by atoms with Crippen molar-refractivity contribution < 1.29 is 14.2 Å². The summed E-state index contributed by atoms with van der Waals surface area (Å²) in [5.41, 5.74) is 1.21. The molecule has 1 aliphatic heterocycles. The number of aromatic nitrogens is 2. The molecule has 0 N–H and O–H groups in total. The lowest BCUT2D eigenvalue weighted by Gasteiger charge is -2.28. The molecule has 0 radical (unpaired) electrons. The number of methoxy groups -OCH3 is 1. The van der Waals surface area contributed by atoms with Crippen LogP contribution in [0.2, 0.25) is 10.0 Å². The van der Waals surface area contributed by atoms with E-state index in [4.69, 9.17) is 37.4 Å². The molecular formula is C23H24Cl2N2O3S. The second-order valence-electron chi connectivity index (χ2n) is 7.41. The second-order valence-corrected chi connectivity index (χ2v) is 9.25. The first kappa shape index (κ1) is 22.5. The molecule has 0 amide bonds. The van der Waals surface area contributed by atoms with E-state index >= 15 is 0 Å². The first-order chi connectivity index (χ1) is 15.1. The van der Waals surface area contributed by atoms with Crippen LogP contribution in [0.15, 0.2) is 66.1 Å². The minimum absolute atomic E-state index is 0.0586. The summed E-state index contributed by atoms with van der Waals surface area (Å²) < 4.78 is 20.0. The summed E-state index contributed by atoms with van der Waals surface area (Å²) in [6.07, 6.45) is 6.97. The Morgan fingerprint density at radius 3 is 2.65 bits per heavy atom. The first-order valence-electron chi connectivity index (χ1n) is 10.0. The molecular weight excluding hydrogens is 455 g/mol. The van der Waals surface area contributed by atoms with Crippen LogP contribution in [0.1, 0.15) is 12.0 Å². The Bertz CT molecular complexity index is 965. The number of halogens is 2. The number of hydrogen-bond donors (Lipinski definition) is 0. The molecule has 0 saturated carbocycles. The van der Waals surface area contributed by atoms with Crippen LogP contribution >= 0.6 is 35.0 Å². The summed E-state index contributed by atoms with van der Waals surface area (Å²) >= 11 is 14.2. The third kappa shape index (κ3) is 5.76. The number of rotatable bonds is 9. The van der Waals surface area contributed by atoms with Crippen LogP contribution in [-0.4, -0.2) is 40.9 Å². The fourth-order valence-corrected chi connectivity index (χ4v) is 5.23. The molecule has 164 valence electrons. The SMILES string of the molecule is COc1ccc(CCC2(Cn3ccnc3)OCC(CSc3c(Cl)cccc3Cl)O2)cc1. The van der Waals surface area contributed by atoms with Crippen molar-refractivity contribution in [3.8, 4) is 5.75 Å². The quantitative estimate of drug-likeness (QED) is 0.367. The molecule has 2 aromatic carbocycles. The van der Waals surface area contributed by atoms with Gasteiger partial charge in [0.2, 0.25) is 0 Å². The van der Waals surface area contributed by atoms with Gasteiger partial charge in [0.1, 0.15) is 5.75 Å². The fraction of sp³-hybridized carbons (Fsp3) is 0.348.